The molecular weight excluding hydrogens is 316 g/mol. The van der Waals surface area contributed by atoms with Crippen molar-refractivity contribution >= 4 is 21.8 Å². The lowest BCUT2D eigenvalue weighted by molar-refractivity contribution is 0.0728. The van der Waals surface area contributed by atoms with Gasteiger partial charge < -0.3 is 10.2 Å². The van der Waals surface area contributed by atoms with Gasteiger partial charge in [-0.3, -0.25) is 4.79 Å². The van der Waals surface area contributed by atoms with Crippen LogP contribution in [0.1, 0.15) is 35.7 Å². The van der Waals surface area contributed by atoms with Crippen LogP contribution in [0.5, 0.6) is 0 Å². The van der Waals surface area contributed by atoms with Crippen molar-refractivity contribution in [1.82, 2.24) is 10.2 Å². The second-order valence-corrected chi connectivity index (χ2v) is 6.39. The zero-order chi connectivity index (χ0) is 14.5. The second-order valence-electron chi connectivity index (χ2n) is 5.54. The standard InChI is InChI=1S/C16H23BrN2O/c1-3-19(11-13-5-4-8-18-10-13)16(20)14-9-12(2)6-7-15(14)17/h6-7,9,13,18H,3-5,8,10-11H2,1-2H3. The van der Waals surface area contributed by atoms with E-state index in [1.54, 1.807) is 0 Å². The van der Waals surface area contributed by atoms with Crippen molar-refractivity contribution < 1.29 is 4.79 Å². The van der Waals surface area contributed by atoms with Crippen molar-refractivity contribution in [3.05, 3.63) is 33.8 Å². The van der Waals surface area contributed by atoms with Crippen LogP contribution in [0.3, 0.4) is 0 Å². The molecule has 1 aromatic rings. The maximum Gasteiger partial charge on any atom is 0.255 e. The monoisotopic (exact) mass is 338 g/mol. The first-order valence-electron chi connectivity index (χ1n) is 7.38. The number of amides is 1. The number of benzene rings is 1. The summed E-state index contributed by atoms with van der Waals surface area (Å²) in [6.45, 7) is 7.82. The third kappa shape index (κ3) is 3.83. The summed E-state index contributed by atoms with van der Waals surface area (Å²) < 4.78 is 0.883. The molecule has 1 aliphatic heterocycles. The van der Waals surface area contributed by atoms with Gasteiger partial charge in [0.1, 0.15) is 0 Å². The molecule has 1 aromatic carbocycles. The van der Waals surface area contributed by atoms with E-state index in [4.69, 9.17) is 0 Å². The third-order valence-electron chi connectivity index (χ3n) is 3.90. The lowest BCUT2D eigenvalue weighted by atomic mass is 9.98. The normalized spacial score (nSPS) is 18.9. The molecule has 1 fully saturated rings. The van der Waals surface area contributed by atoms with Gasteiger partial charge in [-0.1, -0.05) is 11.6 Å². The van der Waals surface area contributed by atoms with Crippen LogP contribution in [-0.4, -0.2) is 37.0 Å². The van der Waals surface area contributed by atoms with Crippen LogP contribution in [0, 0.1) is 12.8 Å². The van der Waals surface area contributed by atoms with Crippen LogP contribution in [0.25, 0.3) is 0 Å². The van der Waals surface area contributed by atoms with Gasteiger partial charge in [-0.15, -0.1) is 0 Å². The number of piperidine rings is 1. The molecule has 3 nitrogen and oxygen atoms in total. The Balaban J connectivity index is 2.09. The fraction of sp³-hybridized carbons (Fsp3) is 0.562. The second kappa shape index (κ2) is 7.23. The first-order valence-corrected chi connectivity index (χ1v) is 8.17. The summed E-state index contributed by atoms with van der Waals surface area (Å²) in [5.74, 6) is 0.713. The van der Waals surface area contributed by atoms with E-state index in [1.807, 2.05) is 30.0 Å². The number of nitrogens with one attached hydrogen (secondary N) is 1. The minimum absolute atomic E-state index is 0.133. The van der Waals surface area contributed by atoms with Gasteiger partial charge in [0.15, 0.2) is 0 Å². The van der Waals surface area contributed by atoms with Crippen LogP contribution < -0.4 is 5.32 Å². The first kappa shape index (κ1) is 15.5. The number of carbonyl (C=O) groups is 1. The molecule has 0 saturated carbocycles. The van der Waals surface area contributed by atoms with Gasteiger partial charge in [-0.05, 0) is 73.8 Å². The Morgan fingerprint density at radius 2 is 2.30 bits per heavy atom. The Hall–Kier alpha value is -0.870. The average molecular weight is 339 g/mol. The van der Waals surface area contributed by atoms with Crippen molar-refractivity contribution in [3.8, 4) is 0 Å². The summed E-state index contributed by atoms with van der Waals surface area (Å²) in [4.78, 5) is 14.7. The SMILES string of the molecule is CCN(CC1CCCNC1)C(=O)c1cc(C)ccc1Br. The highest BCUT2D eigenvalue weighted by molar-refractivity contribution is 9.10. The average Bonchev–Trinajstić information content (AvgIpc) is 2.47. The molecule has 0 aliphatic carbocycles. The summed E-state index contributed by atoms with van der Waals surface area (Å²) >= 11 is 3.49. The highest BCUT2D eigenvalue weighted by atomic mass is 79.9. The Bertz CT molecular complexity index is 470. The van der Waals surface area contributed by atoms with E-state index in [2.05, 4.69) is 28.2 Å². The van der Waals surface area contributed by atoms with Gasteiger partial charge >= 0.3 is 0 Å². The maximum atomic E-state index is 12.7. The van der Waals surface area contributed by atoms with Gasteiger partial charge in [-0.25, -0.2) is 0 Å². The first-order chi connectivity index (χ1) is 9.61. The largest absolute Gasteiger partial charge is 0.339 e. The lowest BCUT2D eigenvalue weighted by Crippen LogP contribution is -2.41. The maximum absolute atomic E-state index is 12.7. The van der Waals surface area contributed by atoms with Crippen LogP contribution in [-0.2, 0) is 0 Å². The molecule has 2 rings (SSSR count). The van der Waals surface area contributed by atoms with Crippen molar-refractivity contribution in [2.75, 3.05) is 26.2 Å². The molecule has 0 aromatic heterocycles. The lowest BCUT2D eigenvalue weighted by Gasteiger charge is -2.29. The smallest absolute Gasteiger partial charge is 0.255 e. The molecule has 110 valence electrons. The minimum atomic E-state index is 0.133. The van der Waals surface area contributed by atoms with Crippen LogP contribution in [0.4, 0.5) is 0 Å². The Kier molecular flexibility index (Phi) is 5.61. The third-order valence-corrected chi connectivity index (χ3v) is 4.59. The molecule has 1 N–H and O–H groups in total. The van der Waals surface area contributed by atoms with Crippen molar-refractivity contribution in [1.29, 1.82) is 0 Å². The Labute approximate surface area is 129 Å². The summed E-state index contributed by atoms with van der Waals surface area (Å²) in [6.07, 6.45) is 2.43. The quantitative estimate of drug-likeness (QED) is 0.914. The predicted octanol–water partition coefficient (Wildman–Crippen LogP) is 3.22. The fourth-order valence-electron chi connectivity index (χ4n) is 2.72. The molecule has 1 heterocycles. The summed E-state index contributed by atoms with van der Waals surface area (Å²) in [7, 11) is 0. The van der Waals surface area contributed by atoms with Crippen molar-refractivity contribution in [2.24, 2.45) is 5.92 Å². The van der Waals surface area contributed by atoms with Gasteiger partial charge in [0.05, 0.1) is 5.56 Å². The number of halogens is 1. The molecule has 4 heteroatoms. The van der Waals surface area contributed by atoms with Crippen LogP contribution in [0.2, 0.25) is 0 Å². The number of nitrogens with zero attached hydrogens (tertiary/aromatic N) is 1. The summed E-state index contributed by atoms with van der Waals surface area (Å²) in [6, 6.07) is 5.94. The molecule has 1 aliphatic rings. The van der Waals surface area contributed by atoms with E-state index >= 15 is 0 Å². The molecule has 0 spiro atoms. The van der Waals surface area contributed by atoms with Gasteiger partial charge in [0.25, 0.3) is 5.91 Å². The van der Waals surface area contributed by atoms with E-state index in [1.165, 1.54) is 12.8 Å². The summed E-state index contributed by atoms with van der Waals surface area (Å²) in [5, 5.41) is 3.42. The summed E-state index contributed by atoms with van der Waals surface area (Å²) in [5.41, 5.74) is 1.89. The Morgan fingerprint density at radius 3 is 2.95 bits per heavy atom. The minimum Gasteiger partial charge on any atom is -0.339 e. The van der Waals surface area contributed by atoms with Crippen LogP contribution in [0.15, 0.2) is 22.7 Å². The number of carbonyl (C=O) groups excluding carboxylic acids is 1. The van der Waals surface area contributed by atoms with E-state index in [-0.39, 0.29) is 5.91 Å². The van der Waals surface area contributed by atoms with E-state index in [9.17, 15) is 4.79 Å². The number of hydrogen-bond acceptors (Lipinski definition) is 2. The molecule has 20 heavy (non-hydrogen) atoms. The molecule has 1 unspecified atom stereocenters. The zero-order valence-corrected chi connectivity index (χ0v) is 13.9. The predicted molar refractivity (Wildman–Crippen MR) is 86.1 cm³/mol. The topological polar surface area (TPSA) is 32.3 Å². The van der Waals surface area contributed by atoms with E-state index < -0.39 is 0 Å². The van der Waals surface area contributed by atoms with E-state index in [0.717, 1.165) is 41.8 Å². The van der Waals surface area contributed by atoms with E-state index in [0.29, 0.717) is 5.92 Å². The molecule has 0 bridgehead atoms. The fourth-order valence-corrected chi connectivity index (χ4v) is 3.14. The number of hydrogen-bond donors (Lipinski definition) is 1. The van der Waals surface area contributed by atoms with Crippen molar-refractivity contribution in [3.63, 3.8) is 0 Å². The molecule has 1 amide bonds. The van der Waals surface area contributed by atoms with Crippen molar-refractivity contribution in [2.45, 2.75) is 26.7 Å². The number of aryl methyl sites for hydroxylation is 1. The molecule has 0 radical (unpaired) electrons. The van der Waals surface area contributed by atoms with Gasteiger partial charge in [0, 0.05) is 17.6 Å². The highest BCUT2D eigenvalue weighted by Gasteiger charge is 2.22. The number of rotatable bonds is 4. The van der Waals surface area contributed by atoms with Crippen LogP contribution >= 0.6 is 15.9 Å². The molecule has 1 atom stereocenters. The van der Waals surface area contributed by atoms with Gasteiger partial charge in [-0.2, -0.15) is 0 Å². The van der Waals surface area contributed by atoms with Gasteiger partial charge in [0.2, 0.25) is 0 Å². The molecular formula is C16H23BrN2O. The zero-order valence-electron chi connectivity index (χ0n) is 12.3. The molecule has 1 saturated heterocycles. The Morgan fingerprint density at radius 1 is 1.50 bits per heavy atom. The highest BCUT2D eigenvalue weighted by Crippen LogP contribution is 2.21.